The zero-order chi connectivity index (χ0) is 23.4. The van der Waals surface area contributed by atoms with Crippen molar-refractivity contribution in [2.24, 2.45) is 0 Å². The molecule has 33 heavy (non-hydrogen) atoms. The lowest BCUT2D eigenvalue weighted by molar-refractivity contribution is -0.137. The first-order valence-electron chi connectivity index (χ1n) is 9.61. The highest BCUT2D eigenvalue weighted by Gasteiger charge is 2.31. The predicted molar refractivity (Wildman–Crippen MR) is 118 cm³/mol. The second-order valence-electron chi connectivity index (χ2n) is 6.80. The van der Waals surface area contributed by atoms with Gasteiger partial charge in [-0.2, -0.15) is 13.2 Å². The fourth-order valence-electron chi connectivity index (χ4n) is 2.96. The van der Waals surface area contributed by atoms with Crippen molar-refractivity contribution in [1.82, 2.24) is 15.0 Å². The van der Waals surface area contributed by atoms with Crippen molar-refractivity contribution in [2.45, 2.75) is 6.18 Å². The van der Waals surface area contributed by atoms with Gasteiger partial charge in [0.25, 0.3) is 5.91 Å². The summed E-state index contributed by atoms with van der Waals surface area (Å²) in [4.78, 5) is 16.3. The zero-order valence-electron chi connectivity index (χ0n) is 16.8. The van der Waals surface area contributed by atoms with Crippen LogP contribution in [0.1, 0.15) is 16.1 Å². The number of amides is 1. The van der Waals surface area contributed by atoms with Gasteiger partial charge in [0.05, 0.1) is 10.6 Å². The van der Waals surface area contributed by atoms with E-state index in [1.807, 2.05) is 30.3 Å². The smallest absolute Gasteiger partial charge is 0.417 e. The number of hydrazine groups is 1. The van der Waals surface area contributed by atoms with Crippen molar-refractivity contribution in [3.05, 3.63) is 101 Å². The van der Waals surface area contributed by atoms with Gasteiger partial charge in [0.1, 0.15) is 17.2 Å². The standard InChI is InChI=1S/C23H16ClF3N4O2/c24-19-13-15(23(25,26)27)14-28-21(19)29-30-22(32)20-7-4-12-31(20)16-8-10-18(11-9-16)33-17-5-2-1-3-6-17/h1-14H,(H,28,29)(H,30,32). The summed E-state index contributed by atoms with van der Waals surface area (Å²) in [6.07, 6.45) is -2.24. The number of nitrogens with one attached hydrogen (secondary N) is 2. The normalized spacial score (nSPS) is 11.2. The Morgan fingerprint density at radius 2 is 1.67 bits per heavy atom. The number of carbonyl (C=O) groups excluding carboxylic acids is 1. The molecule has 4 aromatic rings. The number of pyridine rings is 1. The molecule has 0 bridgehead atoms. The van der Waals surface area contributed by atoms with Crippen molar-refractivity contribution in [3.63, 3.8) is 0 Å². The van der Waals surface area contributed by atoms with Gasteiger partial charge in [-0.15, -0.1) is 0 Å². The largest absolute Gasteiger partial charge is 0.457 e. The Morgan fingerprint density at radius 1 is 0.970 bits per heavy atom. The number of hydrogen-bond donors (Lipinski definition) is 2. The van der Waals surface area contributed by atoms with Crippen LogP contribution >= 0.6 is 11.6 Å². The Labute approximate surface area is 191 Å². The highest BCUT2D eigenvalue weighted by atomic mass is 35.5. The average Bonchev–Trinajstić information content (AvgIpc) is 3.29. The summed E-state index contributed by atoms with van der Waals surface area (Å²) in [6, 6.07) is 20.4. The molecule has 4 rings (SSSR count). The Bertz CT molecular complexity index is 1260. The third kappa shape index (κ3) is 5.27. The molecule has 2 N–H and O–H groups in total. The van der Waals surface area contributed by atoms with Crippen LogP contribution in [0.25, 0.3) is 5.69 Å². The van der Waals surface area contributed by atoms with Gasteiger partial charge >= 0.3 is 6.18 Å². The van der Waals surface area contributed by atoms with Gasteiger partial charge in [-0.3, -0.25) is 15.6 Å². The summed E-state index contributed by atoms with van der Waals surface area (Å²) in [5.41, 5.74) is 4.84. The topological polar surface area (TPSA) is 68.2 Å². The van der Waals surface area contributed by atoms with Crippen LogP contribution in [0.15, 0.2) is 85.2 Å². The minimum Gasteiger partial charge on any atom is -0.457 e. The quantitative estimate of drug-likeness (QED) is 0.333. The fourth-order valence-corrected chi connectivity index (χ4v) is 3.17. The molecule has 0 aliphatic rings. The van der Waals surface area contributed by atoms with Crippen LogP contribution in [0.4, 0.5) is 19.0 Å². The molecule has 0 unspecified atom stereocenters. The molecule has 10 heteroatoms. The lowest BCUT2D eigenvalue weighted by Gasteiger charge is -2.13. The van der Waals surface area contributed by atoms with E-state index in [9.17, 15) is 18.0 Å². The third-order valence-corrected chi connectivity index (χ3v) is 4.83. The van der Waals surface area contributed by atoms with Gasteiger partial charge in [-0.1, -0.05) is 29.8 Å². The number of ether oxygens (including phenoxy) is 1. The molecule has 0 fully saturated rings. The number of rotatable bonds is 6. The number of para-hydroxylation sites is 1. The molecule has 1 amide bonds. The van der Waals surface area contributed by atoms with Crippen molar-refractivity contribution in [1.29, 1.82) is 0 Å². The van der Waals surface area contributed by atoms with Gasteiger partial charge in [-0.25, -0.2) is 4.98 Å². The number of halogens is 4. The Hall–Kier alpha value is -3.98. The maximum absolute atomic E-state index is 12.7. The van der Waals surface area contributed by atoms with Crippen LogP contribution in [0.5, 0.6) is 11.5 Å². The summed E-state index contributed by atoms with van der Waals surface area (Å²) < 4.78 is 45.6. The number of aromatic nitrogens is 2. The van der Waals surface area contributed by atoms with E-state index in [0.29, 0.717) is 23.4 Å². The van der Waals surface area contributed by atoms with Crippen LogP contribution in [0.3, 0.4) is 0 Å². The first-order chi connectivity index (χ1) is 15.8. The molecule has 0 atom stereocenters. The molecule has 168 valence electrons. The van der Waals surface area contributed by atoms with E-state index in [1.54, 1.807) is 47.2 Å². The second kappa shape index (κ2) is 9.25. The summed E-state index contributed by atoms with van der Waals surface area (Å²) in [7, 11) is 0. The molecule has 2 heterocycles. The first-order valence-corrected chi connectivity index (χ1v) is 9.99. The molecular weight excluding hydrogens is 457 g/mol. The summed E-state index contributed by atoms with van der Waals surface area (Å²) in [5.74, 6) is 0.682. The van der Waals surface area contributed by atoms with Crippen molar-refractivity contribution >= 4 is 23.3 Å². The number of hydrogen-bond acceptors (Lipinski definition) is 4. The monoisotopic (exact) mass is 472 g/mol. The number of benzene rings is 2. The molecule has 0 saturated carbocycles. The van der Waals surface area contributed by atoms with Crippen LogP contribution in [0, 0.1) is 0 Å². The minimum absolute atomic E-state index is 0.112. The van der Waals surface area contributed by atoms with Crippen molar-refractivity contribution in [2.75, 3.05) is 5.43 Å². The molecule has 0 saturated heterocycles. The zero-order valence-corrected chi connectivity index (χ0v) is 17.6. The Kier molecular flexibility index (Phi) is 6.23. The van der Waals surface area contributed by atoms with Gasteiger partial charge in [0.15, 0.2) is 5.82 Å². The molecular formula is C23H16ClF3N4O2. The van der Waals surface area contributed by atoms with E-state index >= 15 is 0 Å². The third-order valence-electron chi connectivity index (χ3n) is 4.54. The minimum atomic E-state index is -4.57. The molecule has 2 aromatic heterocycles. The second-order valence-corrected chi connectivity index (χ2v) is 7.21. The number of carbonyl (C=O) groups is 1. The lowest BCUT2D eigenvalue weighted by Crippen LogP contribution is -2.31. The van der Waals surface area contributed by atoms with E-state index in [-0.39, 0.29) is 16.5 Å². The average molecular weight is 473 g/mol. The van der Waals surface area contributed by atoms with Crippen molar-refractivity contribution in [3.8, 4) is 17.2 Å². The molecule has 2 aromatic carbocycles. The van der Waals surface area contributed by atoms with Crippen LogP contribution in [0.2, 0.25) is 5.02 Å². The maximum Gasteiger partial charge on any atom is 0.417 e. The molecule has 0 aliphatic heterocycles. The maximum atomic E-state index is 12.7. The molecule has 0 radical (unpaired) electrons. The van der Waals surface area contributed by atoms with Crippen LogP contribution < -0.4 is 15.6 Å². The van der Waals surface area contributed by atoms with Gasteiger partial charge in [-0.05, 0) is 54.6 Å². The van der Waals surface area contributed by atoms with E-state index in [1.165, 1.54) is 0 Å². The summed E-state index contributed by atoms with van der Waals surface area (Å²) >= 11 is 5.85. The van der Waals surface area contributed by atoms with E-state index < -0.39 is 17.6 Å². The van der Waals surface area contributed by atoms with E-state index in [4.69, 9.17) is 16.3 Å². The number of alkyl halides is 3. The lowest BCUT2D eigenvalue weighted by atomic mass is 10.3. The van der Waals surface area contributed by atoms with E-state index in [0.717, 1.165) is 6.07 Å². The Morgan fingerprint density at radius 3 is 2.33 bits per heavy atom. The Balaban J connectivity index is 1.44. The number of anilines is 1. The summed E-state index contributed by atoms with van der Waals surface area (Å²) in [5, 5.41) is -0.283. The fraction of sp³-hybridized carbons (Fsp3) is 0.0435. The highest BCUT2D eigenvalue weighted by molar-refractivity contribution is 6.33. The SMILES string of the molecule is O=C(NNc1ncc(C(F)(F)F)cc1Cl)c1cccn1-c1ccc(Oc2ccccc2)cc1. The van der Waals surface area contributed by atoms with Gasteiger partial charge in [0, 0.05) is 18.1 Å². The van der Waals surface area contributed by atoms with Gasteiger partial charge in [0.2, 0.25) is 0 Å². The van der Waals surface area contributed by atoms with Crippen LogP contribution in [-0.4, -0.2) is 15.5 Å². The van der Waals surface area contributed by atoms with E-state index in [2.05, 4.69) is 15.8 Å². The molecule has 0 aliphatic carbocycles. The molecule has 6 nitrogen and oxygen atoms in total. The first kappa shape index (κ1) is 22.2. The van der Waals surface area contributed by atoms with Crippen LogP contribution in [-0.2, 0) is 6.18 Å². The predicted octanol–water partition coefficient (Wildman–Crippen LogP) is 6.09. The van der Waals surface area contributed by atoms with Gasteiger partial charge < -0.3 is 9.30 Å². The number of nitrogens with zero attached hydrogens (tertiary/aromatic N) is 2. The summed E-state index contributed by atoms with van der Waals surface area (Å²) in [6.45, 7) is 0. The van der Waals surface area contributed by atoms with Crippen molar-refractivity contribution < 1.29 is 22.7 Å². The highest BCUT2D eigenvalue weighted by Crippen LogP contribution is 2.32. The molecule has 0 spiro atoms.